The van der Waals surface area contributed by atoms with Gasteiger partial charge >= 0.3 is 0 Å². The molecule has 2 N–H and O–H groups in total. The number of piperidine rings is 1. The molecule has 0 spiro atoms. The molecule has 2 amide bonds. The summed E-state index contributed by atoms with van der Waals surface area (Å²) in [5.74, 6) is -0.506. The van der Waals surface area contributed by atoms with Gasteiger partial charge in [-0.15, -0.1) is 0 Å². The van der Waals surface area contributed by atoms with Gasteiger partial charge in [0.15, 0.2) is 0 Å². The standard InChI is InChI=1S/C18H23N5O3/c1-2-23-9-6-15(21-23)18(26)22-8-5-14(12-24)16(11-22)20-17(25)13-4-3-7-19-10-13/h3-4,6-7,9-10,14,16,24H,2,5,8,11-12H2,1H3,(H,20,25)/t14-,16-/m1/s1. The summed E-state index contributed by atoms with van der Waals surface area (Å²) in [7, 11) is 0. The molecule has 0 saturated carbocycles. The molecule has 26 heavy (non-hydrogen) atoms. The van der Waals surface area contributed by atoms with Crippen molar-refractivity contribution in [3.05, 3.63) is 48.0 Å². The molecule has 2 atom stereocenters. The van der Waals surface area contributed by atoms with E-state index in [1.807, 2.05) is 6.92 Å². The van der Waals surface area contributed by atoms with Crippen LogP contribution in [-0.4, -0.2) is 62.3 Å². The van der Waals surface area contributed by atoms with Gasteiger partial charge < -0.3 is 15.3 Å². The van der Waals surface area contributed by atoms with Gasteiger partial charge in [-0.05, 0) is 31.5 Å². The van der Waals surface area contributed by atoms with Crippen molar-refractivity contribution < 1.29 is 14.7 Å². The lowest BCUT2D eigenvalue weighted by Crippen LogP contribution is -2.55. The van der Waals surface area contributed by atoms with Crippen LogP contribution < -0.4 is 5.32 Å². The summed E-state index contributed by atoms with van der Waals surface area (Å²) in [6.07, 6.45) is 5.49. The number of amides is 2. The van der Waals surface area contributed by atoms with E-state index >= 15 is 0 Å². The Hall–Kier alpha value is -2.74. The van der Waals surface area contributed by atoms with Crippen LogP contribution in [0.15, 0.2) is 36.8 Å². The van der Waals surface area contributed by atoms with E-state index in [9.17, 15) is 14.7 Å². The van der Waals surface area contributed by atoms with Crippen molar-refractivity contribution in [3.63, 3.8) is 0 Å². The Kier molecular flexibility index (Phi) is 5.62. The van der Waals surface area contributed by atoms with Gasteiger partial charge in [0.1, 0.15) is 5.69 Å². The second-order valence-corrected chi connectivity index (χ2v) is 6.36. The number of carbonyl (C=O) groups excluding carboxylic acids is 2. The molecule has 0 bridgehead atoms. The monoisotopic (exact) mass is 357 g/mol. The third kappa shape index (κ3) is 3.91. The highest BCUT2D eigenvalue weighted by Gasteiger charge is 2.33. The fourth-order valence-electron chi connectivity index (χ4n) is 3.13. The summed E-state index contributed by atoms with van der Waals surface area (Å²) in [6.45, 7) is 3.49. The first-order chi connectivity index (χ1) is 12.6. The Balaban J connectivity index is 1.69. The number of nitrogens with zero attached hydrogens (tertiary/aromatic N) is 4. The quantitative estimate of drug-likeness (QED) is 0.814. The summed E-state index contributed by atoms with van der Waals surface area (Å²) in [5, 5.41) is 16.8. The molecule has 2 aromatic rings. The van der Waals surface area contributed by atoms with Gasteiger partial charge in [0.2, 0.25) is 0 Å². The van der Waals surface area contributed by atoms with Gasteiger partial charge in [-0.2, -0.15) is 5.10 Å². The molecule has 3 rings (SSSR count). The van der Waals surface area contributed by atoms with Crippen molar-refractivity contribution in [2.45, 2.75) is 25.9 Å². The van der Waals surface area contributed by atoms with Gasteiger partial charge in [0, 0.05) is 50.7 Å². The summed E-state index contributed by atoms with van der Waals surface area (Å²) < 4.78 is 1.70. The number of nitrogens with one attached hydrogen (secondary N) is 1. The number of aliphatic hydroxyl groups excluding tert-OH is 1. The summed E-state index contributed by atoms with van der Waals surface area (Å²) >= 11 is 0. The number of hydrogen-bond donors (Lipinski definition) is 2. The molecule has 2 aromatic heterocycles. The lowest BCUT2D eigenvalue weighted by Gasteiger charge is -2.38. The Morgan fingerprint density at radius 2 is 2.23 bits per heavy atom. The second-order valence-electron chi connectivity index (χ2n) is 6.36. The van der Waals surface area contributed by atoms with Crippen LogP contribution in [0, 0.1) is 5.92 Å². The van der Waals surface area contributed by atoms with Crippen LogP contribution in [0.4, 0.5) is 0 Å². The van der Waals surface area contributed by atoms with Crippen LogP contribution in [0.25, 0.3) is 0 Å². The van der Waals surface area contributed by atoms with E-state index < -0.39 is 0 Å². The summed E-state index contributed by atoms with van der Waals surface area (Å²) in [4.78, 5) is 30.7. The summed E-state index contributed by atoms with van der Waals surface area (Å²) in [6, 6.07) is 4.75. The van der Waals surface area contributed by atoms with Crippen LogP contribution in [0.1, 0.15) is 34.2 Å². The van der Waals surface area contributed by atoms with Crippen molar-refractivity contribution in [1.82, 2.24) is 25.0 Å². The number of rotatable bonds is 5. The third-order valence-electron chi connectivity index (χ3n) is 4.70. The average molecular weight is 357 g/mol. The first-order valence-corrected chi connectivity index (χ1v) is 8.76. The minimum Gasteiger partial charge on any atom is -0.396 e. The van der Waals surface area contributed by atoms with Crippen molar-refractivity contribution in [2.75, 3.05) is 19.7 Å². The highest BCUT2D eigenvalue weighted by Crippen LogP contribution is 2.19. The zero-order valence-corrected chi connectivity index (χ0v) is 14.7. The SMILES string of the molecule is CCn1ccc(C(=O)N2CC[C@H](CO)[C@H](NC(=O)c3cccnc3)C2)n1. The minimum atomic E-state index is -0.321. The molecule has 0 aromatic carbocycles. The van der Waals surface area contributed by atoms with Crippen LogP contribution in [0.2, 0.25) is 0 Å². The van der Waals surface area contributed by atoms with E-state index in [-0.39, 0.29) is 30.4 Å². The largest absolute Gasteiger partial charge is 0.396 e. The molecule has 138 valence electrons. The smallest absolute Gasteiger partial charge is 0.274 e. The van der Waals surface area contributed by atoms with Crippen molar-refractivity contribution in [1.29, 1.82) is 0 Å². The van der Waals surface area contributed by atoms with Gasteiger partial charge in [0.25, 0.3) is 11.8 Å². The van der Waals surface area contributed by atoms with E-state index in [0.717, 1.165) is 0 Å². The number of aliphatic hydroxyl groups is 1. The third-order valence-corrected chi connectivity index (χ3v) is 4.70. The van der Waals surface area contributed by atoms with E-state index in [1.54, 1.807) is 40.2 Å². The predicted octanol–water partition coefficient (Wildman–Crippen LogP) is 0.551. The lowest BCUT2D eigenvalue weighted by atomic mass is 9.91. The number of carbonyl (C=O) groups is 2. The van der Waals surface area contributed by atoms with Crippen molar-refractivity contribution in [2.24, 2.45) is 5.92 Å². The average Bonchev–Trinajstić information content (AvgIpc) is 3.17. The van der Waals surface area contributed by atoms with Gasteiger partial charge in [-0.3, -0.25) is 19.3 Å². The zero-order chi connectivity index (χ0) is 18.5. The van der Waals surface area contributed by atoms with Gasteiger partial charge in [-0.1, -0.05) is 0 Å². The molecule has 0 unspecified atom stereocenters. The molecule has 8 nitrogen and oxygen atoms in total. The molecule has 8 heteroatoms. The number of likely N-dealkylation sites (tertiary alicyclic amines) is 1. The molecule has 1 saturated heterocycles. The molecule has 0 aliphatic carbocycles. The van der Waals surface area contributed by atoms with Gasteiger partial charge in [0.05, 0.1) is 11.6 Å². The maximum Gasteiger partial charge on any atom is 0.274 e. The van der Waals surface area contributed by atoms with E-state index in [4.69, 9.17) is 0 Å². The first-order valence-electron chi connectivity index (χ1n) is 8.76. The Bertz CT molecular complexity index is 761. The number of aromatic nitrogens is 3. The highest BCUT2D eigenvalue weighted by atomic mass is 16.3. The molecule has 1 fully saturated rings. The van der Waals surface area contributed by atoms with Crippen LogP contribution in [0.5, 0.6) is 0 Å². The molecule has 1 aliphatic rings. The molecule has 0 radical (unpaired) electrons. The molecular formula is C18H23N5O3. The normalized spacial score (nSPS) is 20.0. The topological polar surface area (TPSA) is 100 Å². The van der Waals surface area contributed by atoms with E-state index in [2.05, 4.69) is 15.4 Å². The Morgan fingerprint density at radius 3 is 2.88 bits per heavy atom. The second kappa shape index (κ2) is 8.09. The fraction of sp³-hybridized carbons (Fsp3) is 0.444. The van der Waals surface area contributed by atoms with Crippen molar-refractivity contribution >= 4 is 11.8 Å². The van der Waals surface area contributed by atoms with Crippen LogP contribution in [-0.2, 0) is 6.54 Å². The highest BCUT2D eigenvalue weighted by molar-refractivity contribution is 5.94. The Morgan fingerprint density at radius 1 is 1.38 bits per heavy atom. The van der Waals surface area contributed by atoms with E-state index in [1.165, 1.54) is 6.20 Å². The molecule has 3 heterocycles. The van der Waals surface area contributed by atoms with Crippen molar-refractivity contribution in [3.8, 4) is 0 Å². The fourth-order valence-corrected chi connectivity index (χ4v) is 3.13. The minimum absolute atomic E-state index is 0.0372. The maximum atomic E-state index is 12.7. The number of hydrogen-bond acceptors (Lipinski definition) is 5. The molecule has 1 aliphatic heterocycles. The van der Waals surface area contributed by atoms with E-state index in [0.29, 0.717) is 37.3 Å². The van der Waals surface area contributed by atoms with Crippen LogP contribution in [0.3, 0.4) is 0 Å². The zero-order valence-electron chi connectivity index (χ0n) is 14.7. The summed E-state index contributed by atoms with van der Waals surface area (Å²) in [5.41, 5.74) is 0.848. The lowest BCUT2D eigenvalue weighted by molar-refractivity contribution is 0.0536. The first kappa shape index (κ1) is 18.1. The van der Waals surface area contributed by atoms with Gasteiger partial charge in [-0.25, -0.2) is 0 Å². The number of pyridine rings is 1. The number of aryl methyl sites for hydroxylation is 1. The predicted molar refractivity (Wildman–Crippen MR) is 94.5 cm³/mol. The Labute approximate surface area is 151 Å². The molecular weight excluding hydrogens is 334 g/mol. The van der Waals surface area contributed by atoms with Crippen LogP contribution >= 0.6 is 0 Å². The maximum absolute atomic E-state index is 12.7.